The standard InChI is InChI=1S/C15H10ClFN2O5/c16-12-6-10(17)3-4-11(12)15(21)24-7-9-2-1-8(14(18)20)5-13(9)19(22)23/h1-6H,7H2,(H2,18,20). The van der Waals surface area contributed by atoms with E-state index in [0.717, 1.165) is 24.3 Å². The van der Waals surface area contributed by atoms with Crippen molar-refractivity contribution in [3.05, 3.63) is 74.0 Å². The van der Waals surface area contributed by atoms with Crippen LogP contribution in [0.25, 0.3) is 0 Å². The summed E-state index contributed by atoms with van der Waals surface area (Å²) in [5, 5.41) is 10.9. The van der Waals surface area contributed by atoms with Crippen molar-refractivity contribution in [1.82, 2.24) is 0 Å². The molecule has 0 radical (unpaired) electrons. The van der Waals surface area contributed by atoms with Crippen LogP contribution in [-0.4, -0.2) is 16.8 Å². The Labute approximate surface area is 139 Å². The predicted molar refractivity (Wildman–Crippen MR) is 82.1 cm³/mol. The second-order valence-corrected chi connectivity index (χ2v) is 5.07. The van der Waals surface area contributed by atoms with Gasteiger partial charge in [-0.25, -0.2) is 9.18 Å². The van der Waals surface area contributed by atoms with Crippen LogP contribution in [0.5, 0.6) is 0 Å². The van der Waals surface area contributed by atoms with E-state index in [-0.39, 0.29) is 21.7 Å². The second kappa shape index (κ2) is 7.05. The van der Waals surface area contributed by atoms with Crippen molar-refractivity contribution in [2.75, 3.05) is 0 Å². The summed E-state index contributed by atoms with van der Waals surface area (Å²) in [5.74, 6) is -2.30. The first-order valence-corrected chi connectivity index (χ1v) is 6.86. The molecule has 0 aliphatic heterocycles. The van der Waals surface area contributed by atoms with Gasteiger partial charge in [0.15, 0.2) is 0 Å². The number of nitrogens with zero attached hydrogens (tertiary/aromatic N) is 1. The van der Waals surface area contributed by atoms with E-state index in [4.69, 9.17) is 22.1 Å². The van der Waals surface area contributed by atoms with Crippen molar-refractivity contribution in [2.24, 2.45) is 5.73 Å². The zero-order chi connectivity index (χ0) is 17.9. The van der Waals surface area contributed by atoms with Gasteiger partial charge in [0.2, 0.25) is 5.91 Å². The molecule has 9 heteroatoms. The summed E-state index contributed by atoms with van der Waals surface area (Å²) >= 11 is 5.74. The number of nitrogens with two attached hydrogens (primary N) is 1. The van der Waals surface area contributed by atoms with Gasteiger partial charge in [0.25, 0.3) is 5.69 Å². The van der Waals surface area contributed by atoms with Gasteiger partial charge in [0.1, 0.15) is 12.4 Å². The summed E-state index contributed by atoms with van der Waals surface area (Å²) in [6.45, 7) is -0.429. The normalized spacial score (nSPS) is 10.2. The smallest absolute Gasteiger partial charge is 0.339 e. The third-order valence-corrected chi connectivity index (χ3v) is 3.39. The molecule has 0 saturated heterocycles. The highest BCUT2D eigenvalue weighted by Crippen LogP contribution is 2.23. The molecule has 0 aromatic heterocycles. The Morgan fingerprint density at radius 2 is 1.96 bits per heavy atom. The highest BCUT2D eigenvalue weighted by molar-refractivity contribution is 6.33. The predicted octanol–water partition coefficient (Wildman–Crippen LogP) is 2.84. The van der Waals surface area contributed by atoms with Crippen LogP contribution in [0.1, 0.15) is 26.3 Å². The number of primary amides is 1. The van der Waals surface area contributed by atoms with Crippen LogP contribution in [0.15, 0.2) is 36.4 Å². The fraction of sp³-hybridized carbons (Fsp3) is 0.0667. The highest BCUT2D eigenvalue weighted by atomic mass is 35.5. The largest absolute Gasteiger partial charge is 0.457 e. The lowest BCUT2D eigenvalue weighted by atomic mass is 10.1. The van der Waals surface area contributed by atoms with Gasteiger partial charge >= 0.3 is 5.97 Å². The Hall–Kier alpha value is -3.00. The van der Waals surface area contributed by atoms with E-state index in [1.54, 1.807) is 0 Å². The summed E-state index contributed by atoms with van der Waals surface area (Å²) in [5.41, 5.74) is 4.60. The van der Waals surface area contributed by atoms with Crippen LogP contribution in [0.3, 0.4) is 0 Å². The van der Waals surface area contributed by atoms with Crippen LogP contribution in [0, 0.1) is 15.9 Å². The zero-order valence-electron chi connectivity index (χ0n) is 12.0. The summed E-state index contributed by atoms with van der Waals surface area (Å²) in [4.78, 5) is 33.3. The van der Waals surface area contributed by atoms with Gasteiger partial charge < -0.3 is 10.5 Å². The van der Waals surface area contributed by atoms with E-state index in [2.05, 4.69) is 0 Å². The van der Waals surface area contributed by atoms with Gasteiger partial charge in [0.05, 0.1) is 21.1 Å². The van der Waals surface area contributed by atoms with Crippen molar-refractivity contribution in [3.63, 3.8) is 0 Å². The fourth-order valence-corrected chi connectivity index (χ4v) is 2.13. The quantitative estimate of drug-likeness (QED) is 0.505. The maximum Gasteiger partial charge on any atom is 0.339 e. The number of halogens is 2. The molecule has 0 atom stereocenters. The third kappa shape index (κ3) is 3.85. The van der Waals surface area contributed by atoms with Crippen LogP contribution < -0.4 is 5.73 Å². The van der Waals surface area contributed by atoms with Gasteiger partial charge in [-0.1, -0.05) is 11.6 Å². The third-order valence-electron chi connectivity index (χ3n) is 3.08. The summed E-state index contributed by atoms with van der Waals surface area (Å²) < 4.78 is 17.9. The molecule has 0 spiro atoms. The SMILES string of the molecule is NC(=O)c1ccc(COC(=O)c2ccc(F)cc2Cl)c([N+](=O)[O-])c1. The summed E-state index contributed by atoms with van der Waals surface area (Å²) in [6.07, 6.45) is 0. The van der Waals surface area contributed by atoms with Crippen molar-refractivity contribution in [3.8, 4) is 0 Å². The number of amides is 1. The van der Waals surface area contributed by atoms with Gasteiger partial charge in [-0.3, -0.25) is 14.9 Å². The fourth-order valence-electron chi connectivity index (χ4n) is 1.89. The first kappa shape index (κ1) is 17.4. The molecule has 1 amide bonds. The van der Waals surface area contributed by atoms with E-state index >= 15 is 0 Å². The molecule has 7 nitrogen and oxygen atoms in total. The molecule has 0 aliphatic carbocycles. The van der Waals surface area contributed by atoms with E-state index in [1.165, 1.54) is 12.1 Å². The van der Waals surface area contributed by atoms with Crippen LogP contribution >= 0.6 is 11.6 Å². The maximum atomic E-state index is 13.0. The van der Waals surface area contributed by atoms with Gasteiger partial charge in [-0.2, -0.15) is 0 Å². The molecule has 2 aromatic rings. The maximum absolute atomic E-state index is 13.0. The lowest BCUT2D eigenvalue weighted by Crippen LogP contribution is -2.12. The van der Waals surface area contributed by atoms with E-state index in [1.807, 2.05) is 0 Å². The number of carbonyl (C=O) groups is 2. The molecule has 24 heavy (non-hydrogen) atoms. The molecule has 0 unspecified atom stereocenters. The molecular formula is C15H10ClFN2O5. The second-order valence-electron chi connectivity index (χ2n) is 4.67. The minimum Gasteiger partial charge on any atom is -0.457 e. The number of nitro groups is 1. The van der Waals surface area contributed by atoms with E-state index in [9.17, 15) is 24.1 Å². The average molecular weight is 353 g/mol. The van der Waals surface area contributed by atoms with Crippen LogP contribution in [-0.2, 0) is 11.3 Å². The Kier molecular flexibility index (Phi) is 5.10. The van der Waals surface area contributed by atoms with Gasteiger partial charge in [-0.15, -0.1) is 0 Å². The number of nitro benzene ring substituents is 1. The molecule has 2 rings (SSSR count). The van der Waals surface area contributed by atoms with E-state index < -0.39 is 34.9 Å². The summed E-state index contributed by atoms with van der Waals surface area (Å²) in [6, 6.07) is 6.66. The molecule has 2 N–H and O–H groups in total. The number of hydrogen-bond donors (Lipinski definition) is 1. The molecular weight excluding hydrogens is 343 g/mol. The van der Waals surface area contributed by atoms with Crippen molar-refractivity contribution >= 4 is 29.2 Å². The molecule has 0 heterocycles. The van der Waals surface area contributed by atoms with Crippen molar-refractivity contribution in [1.29, 1.82) is 0 Å². The Morgan fingerprint density at radius 1 is 1.25 bits per heavy atom. The number of benzene rings is 2. The zero-order valence-corrected chi connectivity index (χ0v) is 12.7. The molecule has 0 saturated carbocycles. The number of ether oxygens (including phenoxy) is 1. The Morgan fingerprint density at radius 3 is 2.54 bits per heavy atom. The Bertz CT molecular complexity index is 841. The lowest BCUT2D eigenvalue weighted by Gasteiger charge is -2.08. The number of rotatable bonds is 5. The van der Waals surface area contributed by atoms with Crippen LogP contribution in [0.2, 0.25) is 5.02 Å². The first-order valence-electron chi connectivity index (χ1n) is 6.49. The molecule has 0 fully saturated rings. The Balaban J connectivity index is 2.20. The van der Waals surface area contributed by atoms with E-state index in [0.29, 0.717) is 0 Å². The van der Waals surface area contributed by atoms with Crippen LogP contribution in [0.4, 0.5) is 10.1 Å². The van der Waals surface area contributed by atoms with Crippen molar-refractivity contribution in [2.45, 2.75) is 6.61 Å². The lowest BCUT2D eigenvalue weighted by molar-refractivity contribution is -0.385. The molecule has 0 bridgehead atoms. The molecule has 2 aromatic carbocycles. The van der Waals surface area contributed by atoms with Crippen molar-refractivity contribution < 1.29 is 23.6 Å². The minimum absolute atomic E-state index is 0.0432. The highest BCUT2D eigenvalue weighted by Gasteiger charge is 2.19. The minimum atomic E-state index is -0.867. The average Bonchev–Trinajstić information content (AvgIpc) is 2.52. The number of carbonyl (C=O) groups excluding carboxylic acids is 2. The summed E-state index contributed by atoms with van der Waals surface area (Å²) in [7, 11) is 0. The van der Waals surface area contributed by atoms with Gasteiger partial charge in [-0.05, 0) is 30.3 Å². The number of esters is 1. The molecule has 124 valence electrons. The molecule has 0 aliphatic rings. The van der Waals surface area contributed by atoms with Gasteiger partial charge in [0, 0.05) is 11.6 Å². The topological polar surface area (TPSA) is 113 Å². The number of hydrogen-bond acceptors (Lipinski definition) is 5. The monoisotopic (exact) mass is 352 g/mol. The first-order chi connectivity index (χ1) is 11.3.